The van der Waals surface area contributed by atoms with Crippen molar-refractivity contribution in [2.24, 2.45) is 7.05 Å². The van der Waals surface area contributed by atoms with E-state index in [-0.39, 0.29) is 0 Å². The minimum absolute atomic E-state index is 0.608. The van der Waals surface area contributed by atoms with Crippen molar-refractivity contribution in [3.05, 3.63) is 35.9 Å². The zero-order valence-corrected chi connectivity index (χ0v) is 12.8. The highest BCUT2D eigenvalue weighted by atomic mass is 16.5. The Morgan fingerprint density at radius 3 is 2.38 bits per heavy atom. The molecule has 0 bridgehead atoms. The third-order valence-electron chi connectivity index (χ3n) is 3.31. The van der Waals surface area contributed by atoms with Gasteiger partial charge in [0, 0.05) is 31.5 Å². The number of aryl methyl sites for hydroxylation is 1. The lowest BCUT2D eigenvalue weighted by Gasteiger charge is -2.16. The van der Waals surface area contributed by atoms with Gasteiger partial charge in [-0.3, -0.25) is 0 Å². The Hall–Kier alpha value is -2.21. The Morgan fingerprint density at radius 2 is 1.81 bits per heavy atom. The minimum atomic E-state index is 0.608. The number of nitrogens with one attached hydrogen (secondary N) is 1. The molecule has 2 rings (SSSR count). The van der Waals surface area contributed by atoms with Gasteiger partial charge in [0.25, 0.3) is 0 Å². The van der Waals surface area contributed by atoms with Crippen LogP contribution in [0.1, 0.15) is 11.4 Å². The number of benzene rings is 1. The Labute approximate surface area is 124 Å². The second-order valence-corrected chi connectivity index (χ2v) is 4.55. The van der Waals surface area contributed by atoms with Crippen molar-refractivity contribution in [3.63, 3.8) is 0 Å². The van der Waals surface area contributed by atoms with Crippen molar-refractivity contribution in [2.45, 2.75) is 13.1 Å². The normalized spacial score (nSPS) is 10.5. The van der Waals surface area contributed by atoms with Gasteiger partial charge in [-0.2, -0.15) is 0 Å². The van der Waals surface area contributed by atoms with E-state index in [9.17, 15) is 0 Å². The van der Waals surface area contributed by atoms with Crippen molar-refractivity contribution in [1.82, 2.24) is 14.9 Å². The van der Waals surface area contributed by atoms with Crippen LogP contribution in [-0.2, 0) is 20.1 Å². The molecule has 6 heteroatoms. The maximum absolute atomic E-state index is 5.46. The summed E-state index contributed by atoms with van der Waals surface area (Å²) >= 11 is 0. The highest BCUT2D eigenvalue weighted by Crippen LogP contribution is 2.39. The second-order valence-electron chi connectivity index (χ2n) is 4.55. The number of hydrogen-bond donors (Lipinski definition) is 1. The van der Waals surface area contributed by atoms with Gasteiger partial charge in [0.05, 0.1) is 27.9 Å². The lowest BCUT2D eigenvalue weighted by atomic mass is 10.1. The van der Waals surface area contributed by atoms with Crippen LogP contribution in [0, 0.1) is 0 Å². The van der Waals surface area contributed by atoms with E-state index in [0.717, 1.165) is 11.4 Å². The van der Waals surface area contributed by atoms with Crippen LogP contribution in [0.15, 0.2) is 24.5 Å². The van der Waals surface area contributed by atoms with Crippen molar-refractivity contribution in [3.8, 4) is 17.2 Å². The predicted octanol–water partition coefficient (Wildman–Crippen LogP) is 1.74. The van der Waals surface area contributed by atoms with Crippen molar-refractivity contribution in [1.29, 1.82) is 0 Å². The number of rotatable bonds is 7. The second kappa shape index (κ2) is 6.99. The number of ether oxygens (including phenoxy) is 3. The highest BCUT2D eigenvalue weighted by Gasteiger charge is 2.15. The summed E-state index contributed by atoms with van der Waals surface area (Å²) in [7, 11) is 6.81. The average Bonchev–Trinajstić information content (AvgIpc) is 2.91. The van der Waals surface area contributed by atoms with Crippen molar-refractivity contribution >= 4 is 0 Å². The molecule has 0 aliphatic heterocycles. The average molecular weight is 291 g/mol. The smallest absolute Gasteiger partial charge is 0.203 e. The molecule has 0 amide bonds. The summed E-state index contributed by atoms with van der Waals surface area (Å²) < 4.78 is 18.1. The molecule has 2 aromatic rings. The topological polar surface area (TPSA) is 57.5 Å². The summed E-state index contributed by atoms with van der Waals surface area (Å²) in [5.41, 5.74) is 1.00. The first-order valence-electron chi connectivity index (χ1n) is 6.66. The maximum atomic E-state index is 5.46. The summed E-state index contributed by atoms with van der Waals surface area (Å²) in [6, 6.07) is 3.84. The summed E-state index contributed by atoms with van der Waals surface area (Å²) in [5, 5.41) is 3.35. The summed E-state index contributed by atoms with van der Waals surface area (Å²) in [4.78, 5) is 4.28. The van der Waals surface area contributed by atoms with Gasteiger partial charge in [-0.15, -0.1) is 0 Å². The van der Waals surface area contributed by atoms with Crippen LogP contribution in [0.2, 0.25) is 0 Å². The summed E-state index contributed by atoms with van der Waals surface area (Å²) in [5.74, 6) is 2.93. The van der Waals surface area contributed by atoms with Crippen molar-refractivity contribution < 1.29 is 14.2 Å². The summed E-state index contributed by atoms with van der Waals surface area (Å²) in [6.45, 7) is 1.33. The first-order valence-corrected chi connectivity index (χ1v) is 6.66. The molecule has 1 aromatic heterocycles. The van der Waals surface area contributed by atoms with Crippen LogP contribution in [0.5, 0.6) is 17.2 Å². The molecule has 1 heterocycles. The Kier molecular flexibility index (Phi) is 5.05. The standard InChI is InChI=1S/C15H21N3O3/c1-18-8-7-17-13(18)10-16-9-11-5-6-12(19-2)15(21-4)14(11)20-3/h5-8,16H,9-10H2,1-4H3. The van der Waals surface area contributed by atoms with Gasteiger partial charge in [0.2, 0.25) is 5.75 Å². The quantitative estimate of drug-likeness (QED) is 0.842. The molecule has 0 aliphatic carbocycles. The van der Waals surface area contributed by atoms with Gasteiger partial charge in [0.15, 0.2) is 11.5 Å². The van der Waals surface area contributed by atoms with Crippen molar-refractivity contribution in [2.75, 3.05) is 21.3 Å². The van der Waals surface area contributed by atoms with Gasteiger partial charge < -0.3 is 24.1 Å². The Morgan fingerprint density at radius 1 is 1.05 bits per heavy atom. The molecule has 114 valence electrons. The molecule has 6 nitrogen and oxygen atoms in total. The fourth-order valence-corrected chi connectivity index (χ4v) is 2.18. The Bertz CT molecular complexity index is 596. The fourth-order valence-electron chi connectivity index (χ4n) is 2.18. The van der Waals surface area contributed by atoms with Gasteiger partial charge in [-0.25, -0.2) is 4.98 Å². The maximum Gasteiger partial charge on any atom is 0.203 e. The zero-order chi connectivity index (χ0) is 15.2. The van der Waals surface area contributed by atoms with Crippen LogP contribution in [-0.4, -0.2) is 30.9 Å². The molecule has 1 N–H and O–H groups in total. The van der Waals surface area contributed by atoms with Gasteiger partial charge in [-0.05, 0) is 6.07 Å². The van der Waals surface area contributed by atoms with Crippen LogP contribution >= 0.6 is 0 Å². The molecule has 0 saturated carbocycles. The zero-order valence-electron chi connectivity index (χ0n) is 12.8. The predicted molar refractivity (Wildman–Crippen MR) is 79.8 cm³/mol. The van der Waals surface area contributed by atoms with Gasteiger partial charge in [0.1, 0.15) is 5.82 Å². The number of aromatic nitrogens is 2. The minimum Gasteiger partial charge on any atom is -0.493 e. The van der Waals surface area contributed by atoms with Crippen LogP contribution < -0.4 is 19.5 Å². The number of methoxy groups -OCH3 is 3. The molecular formula is C15H21N3O3. The molecule has 0 saturated heterocycles. The van der Waals surface area contributed by atoms with E-state index in [2.05, 4.69) is 10.3 Å². The number of nitrogens with zero attached hydrogens (tertiary/aromatic N) is 2. The van der Waals surface area contributed by atoms with E-state index in [0.29, 0.717) is 30.3 Å². The third kappa shape index (κ3) is 3.28. The highest BCUT2D eigenvalue weighted by molar-refractivity contribution is 5.55. The molecule has 21 heavy (non-hydrogen) atoms. The molecule has 0 unspecified atom stereocenters. The van der Waals surface area contributed by atoms with Crippen LogP contribution in [0.4, 0.5) is 0 Å². The van der Waals surface area contributed by atoms with Crippen LogP contribution in [0.25, 0.3) is 0 Å². The molecule has 0 radical (unpaired) electrons. The van der Waals surface area contributed by atoms with E-state index in [1.807, 2.05) is 29.9 Å². The van der Waals surface area contributed by atoms with E-state index >= 15 is 0 Å². The molecule has 0 atom stereocenters. The van der Waals surface area contributed by atoms with E-state index in [4.69, 9.17) is 14.2 Å². The van der Waals surface area contributed by atoms with E-state index in [1.165, 1.54) is 0 Å². The lowest BCUT2D eigenvalue weighted by Crippen LogP contribution is -2.16. The monoisotopic (exact) mass is 291 g/mol. The van der Waals surface area contributed by atoms with Gasteiger partial charge >= 0.3 is 0 Å². The number of imidazole rings is 1. The Balaban J connectivity index is 2.11. The molecule has 0 spiro atoms. The SMILES string of the molecule is COc1ccc(CNCc2nccn2C)c(OC)c1OC. The van der Waals surface area contributed by atoms with Crippen LogP contribution in [0.3, 0.4) is 0 Å². The fraction of sp³-hybridized carbons (Fsp3) is 0.400. The molecule has 1 aromatic carbocycles. The van der Waals surface area contributed by atoms with E-state index in [1.54, 1.807) is 27.5 Å². The lowest BCUT2D eigenvalue weighted by molar-refractivity contribution is 0.321. The van der Waals surface area contributed by atoms with Gasteiger partial charge in [-0.1, -0.05) is 6.07 Å². The first-order chi connectivity index (χ1) is 10.2. The number of hydrogen-bond acceptors (Lipinski definition) is 5. The molecular weight excluding hydrogens is 270 g/mol. The first kappa shape index (κ1) is 15.2. The molecule has 0 fully saturated rings. The molecule has 0 aliphatic rings. The summed E-state index contributed by atoms with van der Waals surface area (Å²) in [6.07, 6.45) is 3.71. The van der Waals surface area contributed by atoms with E-state index < -0.39 is 0 Å². The third-order valence-corrected chi connectivity index (χ3v) is 3.31. The largest absolute Gasteiger partial charge is 0.493 e.